The number of hydrogen-bond donors (Lipinski definition) is 0. The maximum Gasteiger partial charge on any atom is 0.338 e. The van der Waals surface area contributed by atoms with Gasteiger partial charge in [-0.2, -0.15) is 0 Å². The van der Waals surface area contributed by atoms with Crippen molar-refractivity contribution < 1.29 is 14.3 Å². The first kappa shape index (κ1) is 20.3. The average molecular weight is 441 g/mol. The van der Waals surface area contributed by atoms with Gasteiger partial charge in [0.2, 0.25) is 0 Å². The maximum absolute atomic E-state index is 13.4. The Balaban J connectivity index is 1.92. The summed E-state index contributed by atoms with van der Waals surface area (Å²) in [5, 5.41) is 1.93. The molecule has 1 atom stereocenters. The highest BCUT2D eigenvalue weighted by Gasteiger charge is 2.33. The van der Waals surface area contributed by atoms with Gasteiger partial charge in [0, 0.05) is 4.88 Å². The molecule has 3 aromatic rings. The number of hydrogen-bond acceptors (Lipinski definition) is 7. The van der Waals surface area contributed by atoms with Crippen LogP contribution in [0.15, 0.2) is 62.8 Å². The lowest BCUT2D eigenvalue weighted by molar-refractivity contribution is -0.139. The van der Waals surface area contributed by atoms with Crippen molar-refractivity contribution in [3.05, 3.63) is 83.2 Å². The summed E-state index contributed by atoms with van der Waals surface area (Å²) in [4.78, 5) is 32.2. The fourth-order valence-corrected chi connectivity index (χ4v) is 5.26. The number of benzene rings is 1. The highest BCUT2D eigenvalue weighted by Crippen LogP contribution is 2.33. The zero-order valence-corrected chi connectivity index (χ0v) is 18.4. The highest BCUT2D eigenvalue weighted by molar-refractivity contribution is 7.10. The van der Waals surface area contributed by atoms with Gasteiger partial charge >= 0.3 is 5.97 Å². The summed E-state index contributed by atoms with van der Waals surface area (Å²) in [6.45, 7) is 3.80. The maximum atomic E-state index is 13.4. The van der Waals surface area contributed by atoms with E-state index in [2.05, 4.69) is 4.99 Å². The van der Waals surface area contributed by atoms with Crippen LogP contribution in [-0.2, 0) is 9.53 Å². The van der Waals surface area contributed by atoms with Gasteiger partial charge in [-0.05, 0) is 49.1 Å². The number of fused-ring (bicyclic) bond motifs is 1. The molecule has 1 unspecified atom stereocenters. The Morgan fingerprint density at radius 1 is 1.30 bits per heavy atom. The van der Waals surface area contributed by atoms with Gasteiger partial charge in [0.1, 0.15) is 11.8 Å². The Morgan fingerprint density at radius 2 is 2.13 bits per heavy atom. The lowest BCUT2D eigenvalue weighted by Crippen LogP contribution is -2.39. The summed E-state index contributed by atoms with van der Waals surface area (Å²) in [5.74, 6) is 0.271. The Hall–Kier alpha value is -2.97. The van der Waals surface area contributed by atoms with E-state index < -0.39 is 12.0 Å². The molecule has 3 heterocycles. The topological polar surface area (TPSA) is 69.9 Å². The molecular formula is C22H20N2O4S2. The van der Waals surface area contributed by atoms with Crippen LogP contribution < -0.4 is 19.6 Å². The second kappa shape index (κ2) is 8.41. The summed E-state index contributed by atoms with van der Waals surface area (Å²) in [6.07, 6.45) is 1.82. The smallest absolute Gasteiger partial charge is 0.338 e. The van der Waals surface area contributed by atoms with E-state index in [1.54, 1.807) is 25.5 Å². The van der Waals surface area contributed by atoms with Crippen molar-refractivity contribution in [2.24, 2.45) is 4.99 Å². The molecule has 0 bridgehead atoms. The normalized spacial score (nSPS) is 16.2. The predicted octanol–water partition coefficient (Wildman–Crippen LogP) is 2.87. The first-order chi connectivity index (χ1) is 14.5. The van der Waals surface area contributed by atoms with Crippen LogP contribution in [0.2, 0.25) is 0 Å². The van der Waals surface area contributed by atoms with E-state index in [4.69, 9.17) is 9.47 Å². The van der Waals surface area contributed by atoms with Crippen molar-refractivity contribution in [3.63, 3.8) is 0 Å². The van der Waals surface area contributed by atoms with Gasteiger partial charge in [0.25, 0.3) is 5.56 Å². The minimum atomic E-state index is -0.548. The number of carbonyl (C=O) groups excluding carboxylic acids is 1. The van der Waals surface area contributed by atoms with Gasteiger partial charge in [0.05, 0.1) is 29.5 Å². The predicted molar refractivity (Wildman–Crippen MR) is 118 cm³/mol. The second-order valence-corrected chi connectivity index (χ2v) is 8.58. The van der Waals surface area contributed by atoms with Crippen LogP contribution in [0.5, 0.6) is 5.75 Å². The molecular weight excluding hydrogens is 420 g/mol. The van der Waals surface area contributed by atoms with Crippen LogP contribution in [0.4, 0.5) is 0 Å². The van der Waals surface area contributed by atoms with Crippen molar-refractivity contribution in [2.45, 2.75) is 19.9 Å². The molecule has 0 saturated carbocycles. The molecule has 0 N–H and O–H groups in total. The SMILES string of the molecule is CCOC(=O)C1=C(C)N=c2s/c(=C\c3cccc(OC)c3)c(=O)n2C1c1cccs1. The van der Waals surface area contributed by atoms with Crippen molar-refractivity contribution >= 4 is 34.7 Å². The molecule has 8 heteroatoms. The van der Waals surface area contributed by atoms with E-state index in [-0.39, 0.29) is 12.2 Å². The number of nitrogens with zero attached hydrogens (tertiary/aromatic N) is 2. The summed E-state index contributed by atoms with van der Waals surface area (Å²) in [6, 6.07) is 10.8. The molecule has 0 saturated heterocycles. The number of allylic oxidation sites excluding steroid dienone is 1. The number of ether oxygens (including phenoxy) is 2. The largest absolute Gasteiger partial charge is 0.497 e. The van der Waals surface area contributed by atoms with Gasteiger partial charge in [-0.1, -0.05) is 29.5 Å². The summed E-state index contributed by atoms with van der Waals surface area (Å²) >= 11 is 2.80. The Morgan fingerprint density at radius 3 is 2.83 bits per heavy atom. The van der Waals surface area contributed by atoms with E-state index in [1.165, 1.54) is 22.7 Å². The summed E-state index contributed by atoms with van der Waals surface area (Å²) in [7, 11) is 1.60. The lowest BCUT2D eigenvalue weighted by atomic mass is 10.0. The first-order valence-electron chi connectivity index (χ1n) is 9.40. The quantitative estimate of drug-likeness (QED) is 0.572. The van der Waals surface area contributed by atoms with E-state index in [1.807, 2.05) is 47.9 Å². The van der Waals surface area contributed by atoms with E-state index in [9.17, 15) is 9.59 Å². The van der Waals surface area contributed by atoms with Crippen molar-refractivity contribution in [3.8, 4) is 5.75 Å². The molecule has 1 aliphatic rings. The van der Waals surface area contributed by atoms with Gasteiger partial charge in [-0.25, -0.2) is 9.79 Å². The number of thiazole rings is 1. The van der Waals surface area contributed by atoms with Gasteiger partial charge in [0.15, 0.2) is 4.80 Å². The van der Waals surface area contributed by atoms with E-state index in [0.717, 1.165) is 10.4 Å². The van der Waals surface area contributed by atoms with Crippen LogP contribution in [0.25, 0.3) is 6.08 Å². The third-order valence-electron chi connectivity index (χ3n) is 4.72. The minimum absolute atomic E-state index is 0.186. The molecule has 2 aromatic heterocycles. The Kier molecular flexibility index (Phi) is 5.69. The molecule has 0 fully saturated rings. The van der Waals surface area contributed by atoms with Crippen molar-refractivity contribution in [1.82, 2.24) is 4.57 Å². The Labute approximate surface area is 181 Å². The number of esters is 1. The minimum Gasteiger partial charge on any atom is -0.497 e. The molecule has 1 aliphatic heterocycles. The molecule has 0 amide bonds. The van der Waals surface area contributed by atoms with E-state index >= 15 is 0 Å². The van der Waals surface area contributed by atoms with Crippen LogP contribution >= 0.6 is 22.7 Å². The van der Waals surface area contributed by atoms with Gasteiger partial charge < -0.3 is 9.47 Å². The number of thiophene rings is 1. The standard InChI is InChI=1S/C22H20N2O4S2/c1-4-28-21(26)18-13(2)23-22-24(19(18)16-9-6-10-29-16)20(25)17(30-22)12-14-7-5-8-15(11-14)27-3/h5-12,19H,4H2,1-3H3/b17-12-. The third kappa shape index (κ3) is 3.64. The van der Waals surface area contributed by atoms with Crippen LogP contribution in [0.1, 0.15) is 30.3 Å². The lowest BCUT2D eigenvalue weighted by Gasteiger charge is -2.23. The highest BCUT2D eigenvalue weighted by atomic mass is 32.1. The average Bonchev–Trinajstić information content (AvgIpc) is 3.36. The number of methoxy groups -OCH3 is 1. The van der Waals surface area contributed by atoms with Crippen LogP contribution in [0, 0.1) is 0 Å². The summed E-state index contributed by atoms with van der Waals surface area (Å²) in [5.41, 5.74) is 1.64. The molecule has 30 heavy (non-hydrogen) atoms. The van der Waals surface area contributed by atoms with Crippen LogP contribution in [-0.4, -0.2) is 24.3 Å². The fraction of sp³-hybridized carbons (Fsp3) is 0.227. The zero-order chi connectivity index (χ0) is 21.3. The van der Waals surface area contributed by atoms with Crippen molar-refractivity contribution in [2.75, 3.05) is 13.7 Å². The molecule has 154 valence electrons. The zero-order valence-electron chi connectivity index (χ0n) is 16.7. The third-order valence-corrected chi connectivity index (χ3v) is 6.63. The molecule has 0 spiro atoms. The van der Waals surface area contributed by atoms with Gasteiger partial charge in [-0.3, -0.25) is 9.36 Å². The molecule has 1 aromatic carbocycles. The summed E-state index contributed by atoms with van der Waals surface area (Å²) < 4.78 is 12.7. The van der Waals surface area contributed by atoms with Crippen molar-refractivity contribution in [1.29, 1.82) is 0 Å². The van der Waals surface area contributed by atoms with E-state index in [0.29, 0.717) is 26.4 Å². The monoisotopic (exact) mass is 440 g/mol. The molecule has 0 aliphatic carbocycles. The first-order valence-corrected chi connectivity index (χ1v) is 11.1. The number of carbonyl (C=O) groups is 1. The van der Waals surface area contributed by atoms with Gasteiger partial charge in [-0.15, -0.1) is 11.3 Å². The number of aromatic nitrogens is 1. The molecule has 0 radical (unpaired) electrons. The fourth-order valence-electron chi connectivity index (χ4n) is 3.39. The molecule has 4 rings (SSSR count). The molecule has 6 nitrogen and oxygen atoms in total. The second-order valence-electron chi connectivity index (χ2n) is 6.59. The Bertz CT molecular complexity index is 1300. The van der Waals surface area contributed by atoms with Crippen LogP contribution in [0.3, 0.4) is 0 Å². The number of rotatable bonds is 5.